The Morgan fingerprint density at radius 2 is 1.79 bits per heavy atom. The first-order chi connectivity index (χ1) is 9.15. The second kappa shape index (κ2) is 5.12. The number of carbonyl (C=O) groups is 2. The van der Waals surface area contributed by atoms with Gasteiger partial charge < -0.3 is 10.4 Å². The van der Waals surface area contributed by atoms with Gasteiger partial charge >= 0.3 is 5.97 Å². The fraction of sp³-hybridized carbons (Fsp3) is 0.857. The van der Waals surface area contributed by atoms with Crippen LogP contribution in [0.5, 0.6) is 0 Å². The van der Waals surface area contributed by atoms with E-state index >= 15 is 0 Å². The first-order valence-corrected chi connectivity index (χ1v) is 7.41. The van der Waals surface area contributed by atoms with Crippen molar-refractivity contribution in [1.29, 1.82) is 0 Å². The van der Waals surface area contributed by atoms with Gasteiger partial charge in [0.05, 0.1) is 6.54 Å². The van der Waals surface area contributed by atoms with Crippen LogP contribution in [0.4, 0.5) is 0 Å². The molecule has 2 saturated carbocycles. The lowest BCUT2D eigenvalue weighted by molar-refractivity contribution is -0.142. The van der Waals surface area contributed by atoms with Gasteiger partial charge in [0.15, 0.2) is 0 Å². The number of hydrogen-bond acceptors (Lipinski definition) is 3. The quantitative estimate of drug-likeness (QED) is 0.747. The van der Waals surface area contributed by atoms with Crippen molar-refractivity contribution in [2.24, 2.45) is 11.8 Å². The summed E-state index contributed by atoms with van der Waals surface area (Å²) in [4.78, 5) is 25.0. The topological polar surface area (TPSA) is 69.6 Å². The molecule has 0 aromatic rings. The summed E-state index contributed by atoms with van der Waals surface area (Å²) in [6.07, 6.45) is 6.49. The van der Waals surface area contributed by atoms with Crippen molar-refractivity contribution >= 4 is 11.9 Å². The molecule has 3 aliphatic rings. The minimum atomic E-state index is -0.800. The van der Waals surface area contributed by atoms with Gasteiger partial charge in [0, 0.05) is 6.04 Å². The van der Waals surface area contributed by atoms with E-state index in [0.717, 1.165) is 13.0 Å². The van der Waals surface area contributed by atoms with Crippen LogP contribution in [-0.4, -0.2) is 47.1 Å². The van der Waals surface area contributed by atoms with Gasteiger partial charge in [-0.1, -0.05) is 0 Å². The summed E-state index contributed by atoms with van der Waals surface area (Å²) in [5.74, 6) is 0.582. The summed E-state index contributed by atoms with van der Waals surface area (Å²) in [5, 5.41) is 12.3. The molecule has 0 aromatic heterocycles. The lowest BCUT2D eigenvalue weighted by Crippen LogP contribution is -2.46. The lowest BCUT2D eigenvalue weighted by Gasteiger charge is -2.23. The maximum absolute atomic E-state index is 12.1. The average molecular weight is 266 g/mol. The van der Waals surface area contributed by atoms with Gasteiger partial charge in [0.1, 0.15) is 6.04 Å². The zero-order valence-electron chi connectivity index (χ0n) is 11.2. The highest BCUT2D eigenvalue weighted by molar-refractivity contribution is 5.80. The highest BCUT2D eigenvalue weighted by Crippen LogP contribution is 2.44. The SMILES string of the molecule is O=C(CN1CCCC1C(=O)O)NC(C1CC1)C1CC1. The third-order valence-electron chi connectivity index (χ3n) is 4.58. The molecule has 5 nitrogen and oxygen atoms in total. The standard InChI is InChI=1S/C14H22N2O3/c17-12(8-16-7-1-2-11(16)14(18)19)15-13(9-3-4-9)10-5-6-10/h9-11,13H,1-8H2,(H,15,17)(H,18,19). The molecule has 1 aliphatic heterocycles. The largest absolute Gasteiger partial charge is 0.480 e. The Labute approximate surface area is 113 Å². The molecule has 2 aliphatic carbocycles. The maximum Gasteiger partial charge on any atom is 0.320 e. The minimum absolute atomic E-state index is 0.0111. The number of carbonyl (C=O) groups excluding carboxylic acids is 1. The maximum atomic E-state index is 12.1. The van der Waals surface area contributed by atoms with Gasteiger partial charge in [-0.2, -0.15) is 0 Å². The molecule has 1 saturated heterocycles. The number of nitrogens with zero attached hydrogens (tertiary/aromatic N) is 1. The normalized spacial score (nSPS) is 27.7. The molecule has 1 atom stereocenters. The van der Waals surface area contributed by atoms with Crippen molar-refractivity contribution in [2.45, 2.75) is 50.6 Å². The lowest BCUT2D eigenvalue weighted by atomic mass is 10.1. The summed E-state index contributed by atoms with van der Waals surface area (Å²) < 4.78 is 0. The highest BCUT2D eigenvalue weighted by Gasteiger charge is 2.42. The minimum Gasteiger partial charge on any atom is -0.480 e. The van der Waals surface area contributed by atoms with E-state index in [4.69, 9.17) is 5.11 Å². The highest BCUT2D eigenvalue weighted by atomic mass is 16.4. The predicted octanol–water partition coefficient (Wildman–Crippen LogP) is 0.840. The van der Waals surface area contributed by atoms with Gasteiger partial charge in [-0.15, -0.1) is 0 Å². The van der Waals surface area contributed by atoms with E-state index in [-0.39, 0.29) is 12.5 Å². The number of aliphatic carboxylic acids is 1. The molecule has 2 N–H and O–H groups in total. The number of carboxylic acid groups (broad SMARTS) is 1. The van der Waals surface area contributed by atoms with E-state index in [0.29, 0.717) is 24.3 Å². The van der Waals surface area contributed by atoms with E-state index < -0.39 is 12.0 Å². The van der Waals surface area contributed by atoms with Crippen molar-refractivity contribution in [2.75, 3.05) is 13.1 Å². The average Bonchev–Trinajstić information content (AvgIpc) is 3.26. The van der Waals surface area contributed by atoms with Crippen LogP contribution in [-0.2, 0) is 9.59 Å². The number of rotatable bonds is 6. The monoisotopic (exact) mass is 266 g/mol. The Hall–Kier alpha value is -1.10. The van der Waals surface area contributed by atoms with Crippen molar-refractivity contribution in [3.05, 3.63) is 0 Å². The molecule has 3 rings (SSSR count). The molecular formula is C14H22N2O3. The number of likely N-dealkylation sites (tertiary alicyclic amines) is 1. The van der Waals surface area contributed by atoms with Crippen LogP contribution in [0, 0.1) is 11.8 Å². The zero-order valence-corrected chi connectivity index (χ0v) is 11.2. The molecule has 0 aromatic carbocycles. The zero-order chi connectivity index (χ0) is 13.4. The van der Waals surface area contributed by atoms with E-state index in [1.807, 2.05) is 0 Å². The van der Waals surface area contributed by atoms with Gasteiger partial charge in [0.25, 0.3) is 0 Å². The van der Waals surface area contributed by atoms with Crippen LogP contribution in [0.3, 0.4) is 0 Å². The van der Waals surface area contributed by atoms with E-state index in [2.05, 4.69) is 5.32 Å². The van der Waals surface area contributed by atoms with Crippen molar-refractivity contribution in [3.8, 4) is 0 Å². The third-order valence-corrected chi connectivity index (χ3v) is 4.58. The van der Waals surface area contributed by atoms with E-state index in [1.54, 1.807) is 4.90 Å². The van der Waals surface area contributed by atoms with Crippen LogP contribution >= 0.6 is 0 Å². The molecule has 1 amide bonds. The first kappa shape index (κ1) is 12.9. The predicted molar refractivity (Wildman–Crippen MR) is 69.6 cm³/mol. The van der Waals surface area contributed by atoms with Gasteiger partial charge in [-0.05, 0) is 56.9 Å². The molecule has 106 valence electrons. The van der Waals surface area contributed by atoms with Crippen LogP contribution < -0.4 is 5.32 Å². The second-order valence-corrected chi connectivity index (χ2v) is 6.23. The summed E-state index contributed by atoms with van der Waals surface area (Å²) in [7, 11) is 0. The van der Waals surface area contributed by atoms with Gasteiger partial charge in [0.2, 0.25) is 5.91 Å². The van der Waals surface area contributed by atoms with Crippen LogP contribution in [0.1, 0.15) is 38.5 Å². The van der Waals surface area contributed by atoms with Crippen LogP contribution in [0.25, 0.3) is 0 Å². The Morgan fingerprint density at radius 1 is 1.16 bits per heavy atom. The van der Waals surface area contributed by atoms with Crippen LogP contribution in [0.15, 0.2) is 0 Å². The van der Waals surface area contributed by atoms with Crippen molar-refractivity contribution in [1.82, 2.24) is 10.2 Å². The molecule has 5 heteroatoms. The summed E-state index contributed by atoms with van der Waals surface area (Å²) in [5.41, 5.74) is 0. The van der Waals surface area contributed by atoms with Gasteiger partial charge in [-0.25, -0.2) is 0 Å². The molecule has 19 heavy (non-hydrogen) atoms. The Balaban J connectivity index is 1.51. The van der Waals surface area contributed by atoms with Crippen molar-refractivity contribution in [3.63, 3.8) is 0 Å². The Bertz CT molecular complexity index is 365. The van der Waals surface area contributed by atoms with E-state index in [9.17, 15) is 9.59 Å². The number of amides is 1. The molecule has 3 fully saturated rings. The fourth-order valence-corrected chi connectivity index (χ4v) is 3.24. The van der Waals surface area contributed by atoms with Crippen molar-refractivity contribution < 1.29 is 14.7 Å². The molecular weight excluding hydrogens is 244 g/mol. The first-order valence-electron chi connectivity index (χ1n) is 7.41. The summed E-state index contributed by atoms with van der Waals surface area (Å²) in [6.45, 7) is 0.967. The smallest absolute Gasteiger partial charge is 0.320 e. The Kier molecular flexibility index (Phi) is 3.48. The molecule has 1 heterocycles. The van der Waals surface area contributed by atoms with Crippen LogP contribution in [0.2, 0.25) is 0 Å². The molecule has 1 unspecified atom stereocenters. The fourth-order valence-electron chi connectivity index (χ4n) is 3.24. The summed E-state index contributed by atoms with van der Waals surface area (Å²) >= 11 is 0. The third kappa shape index (κ3) is 3.08. The molecule has 0 bridgehead atoms. The Morgan fingerprint density at radius 3 is 2.32 bits per heavy atom. The number of carboxylic acids is 1. The molecule has 0 radical (unpaired) electrons. The van der Waals surface area contributed by atoms with E-state index in [1.165, 1.54) is 25.7 Å². The molecule has 0 spiro atoms. The second-order valence-electron chi connectivity index (χ2n) is 6.23. The number of nitrogens with one attached hydrogen (secondary N) is 1. The van der Waals surface area contributed by atoms with Gasteiger partial charge in [-0.3, -0.25) is 14.5 Å². The number of hydrogen-bond donors (Lipinski definition) is 2. The summed E-state index contributed by atoms with van der Waals surface area (Å²) in [6, 6.07) is -0.107.